The van der Waals surface area contributed by atoms with Crippen LogP contribution >= 0.6 is 0 Å². The molecule has 5 heteroatoms. The van der Waals surface area contributed by atoms with Crippen molar-refractivity contribution in [1.29, 1.82) is 0 Å². The van der Waals surface area contributed by atoms with Crippen molar-refractivity contribution in [2.75, 3.05) is 23.3 Å². The molecule has 0 aliphatic carbocycles. The predicted octanol–water partition coefficient (Wildman–Crippen LogP) is 2.63. The van der Waals surface area contributed by atoms with Crippen molar-refractivity contribution in [3.63, 3.8) is 0 Å². The molecule has 2 rings (SSSR count). The van der Waals surface area contributed by atoms with E-state index in [1.54, 1.807) is 4.90 Å². The second-order valence-electron chi connectivity index (χ2n) is 6.97. The van der Waals surface area contributed by atoms with Gasteiger partial charge in [-0.25, -0.2) is 0 Å². The molecule has 5 nitrogen and oxygen atoms in total. The van der Waals surface area contributed by atoms with Crippen molar-refractivity contribution in [2.45, 2.75) is 40.2 Å². The fraction of sp³-hybridized carbons (Fsp3) is 0.556. The van der Waals surface area contributed by atoms with Crippen molar-refractivity contribution < 1.29 is 9.59 Å². The molecule has 2 N–H and O–H groups in total. The highest BCUT2D eigenvalue weighted by molar-refractivity contribution is 6.07. The number of para-hydroxylation sites is 2. The molecule has 1 aromatic carbocycles. The highest BCUT2D eigenvalue weighted by Gasteiger charge is 2.33. The molecular weight excluding hydrogens is 290 g/mol. The summed E-state index contributed by atoms with van der Waals surface area (Å²) in [7, 11) is 0. The van der Waals surface area contributed by atoms with E-state index in [1.165, 1.54) is 0 Å². The highest BCUT2D eigenvalue weighted by Crippen LogP contribution is 2.32. The Morgan fingerprint density at radius 1 is 1.22 bits per heavy atom. The number of carbonyl (C=O) groups is 2. The quantitative estimate of drug-likeness (QED) is 0.848. The first kappa shape index (κ1) is 17.3. The summed E-state index contributed by atoms with van der Waals surface area (Å²) in [4.78, 5) is 26.6. The van der Waals surface area contributed by atoms with Gasteiger partial charge in [0.05, 0.1) is 11.4 Å². The Morgan fingerprint density at radius 3 is 2.57 bits per heavy atom. The summed E-state index contributed by atoms with van der Waals surface area (Å²) in [5.74, 6) is 0.640. The monoisotopic (exact) mass is 317 g/mol. The van der Waals surface area contributed by atoms with Crippen molar-refractivity contribution in [3.05, 3.63) is 24.3 Å². The maximum Gasteiger partial charge on any atom is 0.250 e. The number of rotatable bonds is 6. The minimum Gasteiger partial charge on any atom is -0.372 e. The minimum absolute atomic E-state index is 0.0305. The van der Waals surface area contributed by atoms with Gasteiger partial charge in [0.15, 0.2) is 0 Å². The van der Waals surface area contributed by atoms with Gasteiger partial charge in [0, 0.05) is 6.54 Å². The summed E-state index contributed by atoms with van der Waals surface area (Å²) in [5.41, 5.74) is 1.69. The number of hydrogen-bond acceptors (Lipinski definition) is 3. The predicted molar refractivity (Wildman–Crippen MR) is 93.5 cm³/mol. The number of fused-ring (bicyclic) bond motifs is 1. The molecule has 1 aliphatic rings. The first-order valence-corrected chi connectivity index (χ1v) is 8.32. The van der Waals surface area contributed by atoms with Gasteiger partial charge in [-0.2, -0.15) is 0 Å². The summed E-state index contributed by atoms with van der Waals surface area (Å²) < 4.78 is 0. The number of nitrogens with one attached hydrogen (secondary N) is 2. The zero-order chi connectivity index (χ0) is 17.0. The van der Waals surface area contributed by atoms with Crippen LogP contribution in [-0.4, -0.2) is 30.9 Å². The van der Waals surface area contributed by atoms with Crippen LogP contribution in [0.5, 0.6) is 0 Å². The van der Waals surface area contributed by atoms with Crippen molar-refractivity contribution in [3.8, 4) is 0 Å². The second kappa shape index (κ2) is 7.49. The summed E-state index contributed by atoms with van der Waals surface area (Å²) >= 11 is 0. The zero-order valence-electron chi connectivity index (χ0n) is 14.4. The van der Waals surface area contributed by atoms with Gasteiger partial charge >= 0.3 is 0 Å². The molecule has 1 aliphatic heterocycles. The number of amides is 2. The number of nitrogens with zero attached hydrogens (tertiary/aromatic N) is 1. The molecule has 2 amide bonds. The van der Waals surface area contributed by atoms with Crippen LogP contribution in [0.25, 0.3) is 0 Å². The SMILES string of the molecule is CC(C)CNC(=O)CN1C(=O)C(CC(C)C)Nc2ccccc21. The first-order valence-electron chi connectivity index (χ1n) is 8.32. The molecule has 0 fully saturated rings. The average Bonchev–Trinajstić information content (AvgIpc) is 2.49. The van der Waals surface area contributed by atoms with Gasteiger partial charge in [0.2, 0.25) is 11.8 Å². The Bertz CT molecular complexity index is 569. The normalized spacial score (nSPS) is 17.2. The van der Waals surface area contributed by atoms with Crippen LogP contribution in [0.1, 0.15) is 34.1 Å². The summed E-state index contributed by atoms with van der Waals surface area (Å²) in [6, 6.07) is 7.37. The fourth-order valence-electron chi connectivity index (χ4n) is 2.70. The number of anilines is 2. The topological polar surface area (TPSA) is 61.4 Å². The Hall–Kier alpha value is -2.04. The van der Waals surface area contributed by atoms with E-state index in [1.807, 2.05) is 38.1 Å². The van der Waals surface area contributed by atoms with Crippen LogP contribution in [0.2, 0.25) is 0 Å². The van der Waals surface area contributed by atoms with E-state index < -0.39 is 0 Å². The standard InChI is InChI=1S/C18H27N3O2/c1-12(2)9-15-18(23)21(11-17(22)19-10-13(3)4)16-8-6-5-7-14(16)20-15/h5-8,12-13,15,20H,9-11H2,1-4H3,(H,19,22). The van der Waals surface area contributed by atoms with E-state index in [4.69, 9.17) is 0 Å². The third-order valence-corrected chi connectivity index (χ3v) is 3.81. The van der Waals surface area contributed by atoms with E-state index in [-0.39, 0.29) is 24.4 Å². The molecule has 1 aromatic rings. The Balaban J connectivity index is 2.17. The van der Waals surface area contributed by atoms with Gasteiger partial charge in [0.1, 0.15) is 12.6 Å². The largest absolute Gasteiger partial charge is 0.372 e. The van der Waals surface area contributed by atoms with Gasteiger partial charge in [0.25, 0.3) is 0 Å². The lowest BCUT2D eigenvalue weighted by Crippen LogP contribution is -2.51. The molecular formula is C18H27N3O2. The minimum atomic E-state index is -0.275. The van der Waals surface area contributed by atoms with Crippen LogP contribution in [0.4, 0.5) is 11.4 Å². The molecule has 0 bridgehead atoms. The van der Waals surface area contributed by atoms with Gasteiger partial charge < -0.3 is 10.6 Å². The Labute approximate surface area is 138 Å². The molecule has 1 atom stereocenters. The average molecular weight is 317 g/mol. The molecule has 0 spiro atoms. The maximum atomic E-state index is 12.8. The maximum absolute atomic E-state index is 12.8. The van der Waals surface area contributed by atoms with Crippen molar-refractivity contribution in [1.82, 2.24) is 5.32 Å². The van der Waals surface area contributed by atoms with Gasteiger partial charge in [-0.05, 0) is 30.4 Å². The number of benzene rings is 1. The van der Waals surface area contributed by atoms with Gasteiger partial charge in [-0.15, -0.1) is 0 Å². The van der Waals surface area contributed by atoms with E-state index in [0.29, 0.717) is 18.4 Å². The molecule has 1 heterocycles. The third kappa shape index (κ3) is 4.47. The Morgan fingerprint density at radius 2 is 1.91 bits per heavy atom. The van der Waals surface area contributed by atoms with Crippen LogP contribution < -0.4 is 15.5 Å². The second-order valence-corrected chi connectivity index (χ2v) is 6.97. The lowest BCUT2D eigenvalue weighted by atomic mass is 9.99. The van der Waals surface area contributed by atoms with Crippen LogP contribution in [0, 0.1) is 11.8 Å². The smallest absolute Gasteiger partial charge is 0.250 e. The first-order chi connectivity index (χ1) is 10.9. The molecule has 0 saturated carbocycles. The van der Waals surface area contributed by atoms with Crippen LogP contribution in [0.3, 0.4) is 0 Å². The Kier molecular flexibility index (Phi) is 5.64. The van der Waals surface area contributed by atoms with Gasteiger partial charge in [-0.1, -0.05) is 39.8 Å². The lowest BCUT2D eigenvalue weighted by Gasteiger charge is -2.35. The molecule has 0 radical (unpaired) electrons. The molecule has 0 saturated heterocycles. The third-order valence-electron chi connectivity index (χ3n) is 3.81. The molecule has 126 valence electrons. The van der Waals surface area contributed by atoms with E-state index in [9.17, 15) is 9.59 Å². The van der Waals surface area contributed by atoms with Gasteiger partial charge in [-0.3, -0.25) is 14.5 Å². The van der Waals surface area contributed by atoms with Crippen LogP contribution in [-0.2, 0) is 9.59 Å². The molecule has 0 aromatic heterocycles. The van der Waals surface area contributed by atoms with Crippen molar-refractivity contribution >= 4 is 23.2 Å². The highest BCUT2D eigenvalue weighted by atomic mass is 16.2. The molecule has 23 heavy (non-hydrogen) atoms. The fourth-order valence-corrected chi connectivity index (χ4v) is 2.70. The van der Waals surface area contributed by atoms with Crippen molar-refractivity contribution in [2.24, 2.45) is 11.8 Å². The lowest BCUT2D eigenvalue weighted by molar-refractivity contribution is -0.124. The van der Waals surface area contributed by atoms with E-state index in [0.717, 1.165) is 17.8 Å². The van der Waals surface area contributed by atoms with E-state index >= 15 is 0 Å². The zero-order valence-corrected chi connectivity index (χ0v) is 14.4. The summed E-state index contributed by atoms with van der Waals surface area (Å²) in [6.07, 6.45) is 0.747. The van der Waals surface area contributed by atoms with Crippen LogP contribution in [0.15, 0.2) is 24.3 Å². The van der Waals surface area contributed by atoms with E-state index in [2.05, 4.69) is 24.5 Å². The summed E-state index contributed by atoms with van der Waals surface area (Å²) in [6.45, 7) is 8.97. The number of carbonyl (C=O) groups excluding carboxylic acids is 2. The molecule has 1 unspecified atom stereocenters. The number of hydrogen-bond donors (Lipinski definition) is 2. The summed E-state index contributed by atoms with van der Waals surface area (Å²) in [5, 5.41) is 6.19.